The van der Waals surface area contributed by atoms with Crippen molar-refractivity contribution < 1.29 is 4.74 Å². The highest BCUT2D eigenvalue weighted by Crippen LogP contribution is 2.22. The van der Waals surface area contributed by atoms with Crippen LogP contribution in [-0.4, -0.2) is 62.5 Å². The van der Waals surface area contributed by atoms with Crippen molar-refractivity contribution in [2.75, 3.05) is 44.3 Å². The molecule has 128 valence electrons. The molecule has 0 saturated carbocycles. The van der Waals surface area contributed by atoms with E-state index in [-0.39, 0.29) is 5.96 Å². The number of nitrogens with zero attached hydrogens (tertiary/aromatic N) is 4. The van der Waals surface area contributed by atoms with E-state index in [1.165, 1.54) is 5.69 Å². The molecule has 6 nitrogen and oxygen atoms in total. The predicted octanol–water partition coefficient (Wildman–Crippen LogP) is 1.80. The average molecular weight is 327 g/mol. The van der Waals surface area contributed by atoms with Crippen molar-refractivity contribution in [3.05, 3.63) is 36.4 Å². The molecule has 24 heavy (non-hydrogen) atoms. The van der Waals surface area contributed by atoms with Crippen LogP contribution in [0.1, 0.15) is 6.92 Å². The third-order valence-electron chi connectivity index (χ3n) is 4.39. The summed E-state index contributed by atoms with van der Waals surface area (Å²) in [7, 11) is 0. The van der Waals surface area contributed by atoms with Gasteiger partial charge in [0.15, 0.2) is 0 Å². The number of anilines is 1. The summed E-state index contributed by atoms with van der Waals surface area (Å²) in [5.74, 6) is 0.261. The number of guanidine groups is 1. The van der Waals surface area contributed by atoms with Gasteiger partial charge < -0.3 is 15.4 Å². The average Bonchev–Trinajstić information content (AvgIpc) is 2.55. The van der Waals surface area contributed by atoms with E-state index in [1.807, 2.05) is 31.2 Å². The molecule has 0 unspecified atom stereocenters. The van der Waals surface area contributed by atoms with Gasteiger partial charge in [-0.15, -0.1) is 0 Å². The van der Waals surface area contributed by atoms with Gasteiger partial charge >= 0.3 is 0 Å². The lowest BCUT2D eigenvalue weighted by atomic mass is 10.1. The Labute approximate surface area is 143 Å². The van der Waals surface area contributed by atoms with E-state index in [4.69, 9.17) is 10.5 Å². The Morgan fingerprint density at radius 1 is 1.17 bits per heavy atom. The molecular formula is C18H25N5O. The zero-order valence-electron chi connectivity index (χ0n) is 14.1. The third kappa shape index (κ3) is 4.21. The second-order valence-corrected chi connectivity index (χ2v) is 6.00. The summed E-state index contributed by atoms with van der Waals surface area (Å²) in [5, 5.41) is 0. The fourth-order valence-electron chi connectivity index (χ4n) is 2.88. The van der Waals surface area contributed by atoms with Gasteiger partial charge in [-0.05, 0) is 37.3 Å². The topological polar surface area (TPSA) is 66.5 Å². The second-order valence-electron chi connectivity index (χ2n) is 6.00. The van der Waals surface area contributed by atoms with Crippen molar-refractivity contribution in [3.8, 4) is 0 Å². The quantitative estimate of drug-likeness (QED) is 0.676. The molecule has 2 aliphatic rings. The smallest absolute Gasteiger partial charge is 0.220 e. The minimum absolute atomic E-state index is 0.261. The maximum absolute atomic E-state index is 5.78. The van der Waals surface area contributed by atoms with Gasteiger partial charge in [0.05, 0.1) is 24.9 Å². The van der Waals surface area contributed by atoms with Crippen LogP contribution >= 0.6 is 0 Å². The lowest BCUT2D eigenvalue weighted by Gasteiger charge is -2.43. The highest BCUT2D eigenvalue weighted by molar-refractivity contribution is 5.91. The minimum atomic E-state index is 0.261. The standard InChI is InChI=1S/C18H25N5O/c1-2-3-8-20-18(19)21-15-4-6-16(7-5-15)22-9-11-23(12-10-22)17-13-24-14-17/h2-8,17H,9-14H2,1H3,(H2,19,21)/b3-2+,20-8+. The molecule has 0 aromatic heterocycles. The largest absolute Gasteiger partial charge is 0.378 e. The van der Waals surface area contributed by atoms with Crippen molar-refractivity contribution >= 4 is 23.5 Å². The van der Waals surface area contributed by atoms with Crippen molar-refractivity contribution in [3.63, 3.8) is 0 Å². The molecule has 0 amide bonds. The van der Waals surface area contributed by atoms with Gasteiger partial charge in [-0.25, -0.2) is 9.98 Å². The summed E-state index contributed by atoms with van der Waals surface area (Å²) in [6, 6.07) is 8.81. The monoisotopic (exact) mass is 327 g/mol. The van der Waals surface area contributed by atoms with Crippen LogP contribution in [-0.2, 0) is 4.74 Å². The number of allylic oxidation sites excluding steroid dienone is 2. The van der Waals surface area contributed by atoms with Gasteiger partial charge in [0.2, 0.25) is 5.96 Å². The van der Waals surface area contributed by atoms with Gasteiger partial charge in [-0.2, -0.15) is 0 Å². The molecule has 2 fully saturated rings. The van der Waals surface area contributed by atoms with E-state index in [0.29, 0.717) is 6.04 Å². The lowest BCUT2D eigenvalue weighted by molar-refractivity contribution is -0.0660. The maximum Gasteiger partial charge on any atom is 0.220 e. The summed E-state index contributed by atoms with van der Waals surface area (Å²) in [5.41, 5.74) is 7.83. The number of benzene rings is 1. The molecule has 0 radical (unpaired) electrons. The van der Waals surface area contributed by atoms with Crippen LogP contribution in [0.3, 0.4) is 0 Å². The van der Waals surface area contributed by atoms with Crippen LogP contribution < -0.4 is 10.6 Å². The molecule has 2 heterocycles. The number of piperazine rings is 1. The molecule has 3 rings (SSSR count). The molecule has 1 aromatic rings. The first kappa shape index (κ1) is 16.7. The Kier molecular flexibility index (Phi) is 5.61. The summed E-state index contributed by atoms with van der Waals surface area (Å²) in [6.45, 7) is 8.01. The lowest BCUT2D eigenvalue weighted by Crippen LogP contribution is -2.56. The molecule has 2 saturated heterocycles. The van der Waals surface area contributed by atoms with Crippen LogP contribution in [0.5, 0.6) is 0 Å². The maximum atomic E-state index is 5.78. The number of nitrogens with two attached hydrogens (primary N) is 1. The van der Waals surface area contributed by atoms with E-state index < -0.39 is 0 Å². The fourth-order valence-corrected chi connectivity index (χ4v) is 2.88. The molecule has 0 bridgehead atoms. The number of hydrogen-bond acceptors (Lipinski definition) is 4. The van der Waals surface area contributed by atoms with Gasteiger partial charge in [-0.1, -0.05) is 6.08 Å². The Morgan fingerprint density at radius 2 is 1.88 bits per heavy atom. The zero-order valence-corrected chi connectivity index (χ0v) is 14.1. The minimum Gasteiger partial charge on any atom is -0.378 e. The van der Waals surface area contributed by atoms with Crippen LogP contribution in [0.25, 0.3) is 0 Å². The highest BCUT2D eigenvalue weighted by Gasteiger charge is 2.28. The highest BCUT2D eigenvalue weighted by atomic mass is 16.5. The first-order chi connectivity index (χ1) is 11.8. The number of rotatable bonds is 4. The van der Waals surface area contributed by atoms with E-state index >= 15 is 0 Å². The molecule has 0 spiro atoms. The fraction of sp³-hybridized carbons (Fsp3) is 0.444. The molecular weight excluding hydrogens is 302 g/mol. The Balaban J connectivity index is 1.55. The van der Waals surface area contributed by atoms with Crippen LogP contribution in [0.4, 0.5) is 11.4 Å². The summed E-state index contributed by atoms with van der Waals surface area (Å²) < 4.78 is 5.28. The third-order valence-corrected chi connectivity index (χ3v) is 4.39. The van der Waals surface area contributed by atoms with Crippen molar-refractivity contribution in [1.82, 2.24) is 4.90 Å². The molecule has 0 aliphatic carbocycles. The van der Waals surface area contributed by atoms with Gasteiger partial charge in [-0.3, -0.25) is 4.90 Å². The van der Waals surface area contributed by atoms with Crippen LogP contribution in [0.2, 0.25) is 0 Å². The predicted molar refractivity (Wildman–Crippen MR) is 99.4 cm³/mol. The normalized spacial score (nSPS) is 20.9. The van der Waals surface area contributed by atoms with E-state index in [2.05, 4.69) is 31.9 Å². The van der Waals surface area contributed by atoms with Crippen LogP contribution in [0, 0.1) is 0 Å². The zero-order chi connectivity index (χ0) is 16.8. The first-order valence-corrected chi connectivity index (χ1v) is 8.42. The SMILES string of the molecule is C/C=C/C=N/C(N)=Nc1ccc(N2CCN(C3COC3)CC2)cc1. The molecule has 2 aliphatic heterocycles. The van der Waals surface area contributed by atoms with E-state index in [9.17, 15) is 0 Å². The number of aliphatic imine (C=N–C) groups is 2. The van der Waals surface area contributed by atoms with Crippen molar-refractivity contribution in [2.24, 2.45) is 15.7 Å². The first-order valence-electron chi connectivity index (χ1n) is 8.42. The Hall–Kier alpha value is -2.18. The van der Waals surface area contributed by atoms with Gasteiger partial charge in [0.25, 0.3) is 0 Å². The molecule has 0 atom stereocenters. The Bertz CT molecular complexity index is 611. The summed E-state index contributed by atoms with van der Waals surface area (Å²) in [6.07, 6.45) is 5.35. The van der Waals surface area contributed by atoms with Crippen molar-refractivity contribution in [1.29, 1.82) is 0 Å². The van der Waals surface area contributed by atoms with Crippen molar-refractivity contribution in [2.45, 2.75) is 13.0 Å². The number of ether oxygens (including phenoxy) is 1. The molecule has 2 N–H and O–H groups in total. The van der Waals surface area contributed by atoms with E-state index in [1.54, 1.807) is 6.21 Å². The van der Waals surface area contributed by atoms with Gasteiger partial charge in [0, 0.05) is 38.1 Å². The second kappa shape index (κ2) is 8.08. The number of hydrogen-bond donors (Lipinski definition) is 1. The molecule has 1 aromatic carbocycles. The Morgan fingerprint density at radius 3 is 2.46 bits per heavy atom. The summed E-state index contributed by atoms with van der Waals surface area (Å²) >= 11 is 0. The summed E-state index contributed by atoms with van der Waals surface area (Å²) in [4.78, 5) is 13.3. The van der Waals surface area contributed by atoms with Gasteiger partial charge in [0.1, 0.15) is 0 Å². The molecule has 6 heteroatoms. The van der Waals surface area contributed by atoms with Crippen LogP contribution in [0.15, 0.2) is 46.4 Å². The van der Waals surface area contributed by atoms with E-state index in [0.717, 1.165) is 45.1 Å².